The fourth-order valence-corrected chi connectivity index (χ4v) is 4.69. The molecule has 32 heavy (non-hydrogen) atoms. The number of aliphatic imine (C=N–C) groups is 1. The molecule has 1 N–H and O–H groups in total. The van der Waals surface area contributed by atoms with Crippen LogP contribution in [0.4, 0.5) is 5.69 Å². The van der Waals surface area contributed by atoms with E-state index in [1.54, 1.807) is 6.07 Å². The monoisotopic (exact) mass is 590 g/mol. The Morgan fingerprint density at radius 2 is 1.88 bits per heavy atom. The molecule has 0 aromatic heterocycles. The van der Waals surface area contributed by atoms with Gasteiger partial charge in [0.2, 0.25) is 0 Å². The van der Waals surface area contributed by atoms with Gasteiger partial charge < -0.3 is 10.1 Å². The first-order chi connectivity index (χ1) is 15.4. The average molecular weight is 593 g/mol. The Kier molecular flexibility index (Phi) is 7.40. The number of nitrogens with zero attached hydrogens (tertiary/aromatic N) is 1. The highest BCUT2D eigenvalue weighted by Crippen LogP contribution is 2.32. The van der Waals surface area contributed by atoms with Crippen LogP contribution in [0.2, 0.25) is 5.02 Å². The smallest absolute Gasteiger partial charge is 0.264 e. The van der Waals surface area contributed by atoms with Crippen LogP contribution in [0.1, 0.15) is 16.7 Å². The van der Waals surface area contributed by atoms with E-state index in [1.807, 2.05) is 67.6 Å². The van der Waals surface area contributed by atoms with E-state index in [9.17, 15) is 4.79 Å². The van der Waals surface area contributed by atoms with Gasteiger partial charge in [-0.3, -0.25) is 4.79 Å². The Morgan fingerprint density at radius 1 is 1.09 bits per heavy atom. The third kappa shape index (κ3) is 5.84. The number of hydrogen-bond acceptors (Lipinski definition) is 4. The van der Waals surface area contributed by atoms with E-state index in [4.69, 9.17) is 16.3 Å². The van der Waals surface area contributed by atoms with Crippen molar-refractivity contribution in [3.05, 3.63) is 96.2 Å². The van der Waals surface area contributed by atoms with Crippen molar-refractivity contribution in [2.24, 2.45) is 4.99 Å². The minimum absolute atomic E-state index is 0.180. The second-order valence-corrected chi connectivity index (χ2v) is 10.3. The summed E-state index contributed by atoms with van der Waals surface area (Å²) in [5, 5.41) is 3.94. The zero-order valence-electron chi connectivity index (χ0n) is 16.9. The summed E-state index contributed by atoms with van der Waals surface area (Å²) in [5.74, 6) is 0.553. The van der Waals surface area contributed by atoms with Gasteiger partial charge in [-0.05, 0) is 93.8 Å². The number of benzene rings is 3. The van der Waals surface area contributed by atoms with Crippen LogP contribution in [-0.4, -0.2) is 11.1 Å². The largest absolute Gasteiger partial charge is 0.488 e. The van der Waals surface area contributed by atoms with E-state index in [1.165, 1.54) is 11.8 Å². The van der Waals surface area contributed by atoms with Gasteiger partial charge in [0.05, 0.1) is 15.1 Å². The lowest BCUT2D eigenvalue weighted by atomic mass is 10.2. The maximum Gasteiger partial charge on any atom is 0.264 e. The molecule has 0 bridgehead atoms. The molecule has 1 fully saturated rings. The molecule has 0 saturated carbocycles. The zero-order valence-corrected chi connectivity index (χ0v) is 21.6. The SMILES string of the molecule is Cc1ccc(Cl)cc1N=C1NC(=O)/C(=C/c2ccc(OCc3ccc(Br)cc3)c(Br)c2)S1. The van der Waals surface area contributed by atoms with Gasteiger partial charge >= 0.3 is 0 Å². The molecule has 0 radical (unpaired) electrons. The van der Waals surface area contributed by atoms with Crippen LogP contribution in [0.25, 0.3) is 6.08 Å². The first-order valence-corrected chi connectivity index (χ1v) is 12.4. The average Bonchev–Trinajstić information content (AvgIpc) is 3.10. The van der Waals surface area contributed by atoms with Crippen molar-refractivity contribution in [3.8, 4) is 5.75 Å². The minimum Gasteiger partial charge on any atom is -0.488 e. The summed E-state index contributed by atoms with van der Waals surface area (Å²) in [6.07, 6.45) is 1.83. The minimum atomic E-state index is -0.180. The highest BCUT2D eigenvalue weighted by atomic mass is 79.9. The van der Waals surface area contributed by atoms with Crippen molar-refractivity contribution in [2.75, 3.05) is 0 Å². The Bertz CT molecular complexity index is 1240. The lowest BCUT2D eigenvalue weighted by molar-refractivity contribution is -0.115. The van der Waals surface area contributed by atoms with Crippen molar-refractivity contribution in [2.45, 2.75) is 13.5 Å². The number of amidine groups is 1. The maximum absolute atomic E-state index is 12.4. The van der Waals surface area contributed by atoms with Crippen molar-refractivity contribution in [3.63, 3.8) is 0 Å². The molecular weight excluding hydrogens is 576 g/mol. The molecule has 8 heteroatoms. The van der Waals surface area contributed by atoms with Gasteiger partial charge in [-0.15, -0.1) is 0 Å². The topological polar surface area (TPSA) is 50.7 Å². The molecule has 1 aliphatic rings. The molecule has 0 unspecified atom stereocenters. The molecular formula is C24H17Br2ClN2O2S. The van der Waals surface area contributed by atoms with Gasteiger partial charge in [0, 0.05) is 9.50 Å². The second kappa shape index (κ2) is 10.3. The Balaban J connectivity index is 1.47. The molecule has 1 heterocycles. The summed E-state index contributed by atoms with van der Waals surface area (Å²) in [6, 6.07) is 19.2. The number of nitrogens with one attached hydrogen (secondary N) is 1. The summed E-state index contributed by atoms with van der Waals surface area (Å²) in [5.41, 5.74) is 3.67. The van der Waals surface area contributed by atoms with Crippen LogP contribution in [0.3, 0.4) is 0 Å². The van der Waals surface area contributed by atoms with Gasteiger partial charge in [0.1, 0.15) is 12.4 Å². The van der Waals surface area contributed by atoms with E-state index in [2.05, 4.69) is 42.2 Å². The molecule has 4 nitrogen and oxygen atoms in total. The number of hydrogen-bond donors (Lipinski definition) is 1. The lowest BCUT2D eigenvalue weighted by Crippen LogP contribution is -2.19. The third-order valence-corrected chi connectivity index (χ3v) is 6.90. The molecule has 3 aromatic carbocycles. The number of carbonyl (C=O) groups is 1. The van der Waals surface area contributed by atoms with Gasteiger partial charge in [0.25, 0.3) is 5.91 Å². The number of carbonyl (C=O) groups excluding carboxylic acids is 1. The summed E-state index contributed by atoms with van der Waals surface area (Å²) in [6.45, 7) is 2.42. The van der Waals surface area contributed by atoms with Gasteiger partial charge in [-0.1, -0.05) is 51.8 Å². The number of aryl methyl sites for hydroxylation is 1. The third-order valence-electron chi connectivity index (χ3n) is 4.61. The highest BCUT2D eigenvalue weighted by molar-refractivity contribution is 9.10. The fraction of sp³-hybridized carbons (Fsp3) is 0.0833. The first-order valence-electron chi connectivity index (χ1n) is 9.60. The van der Waals surface area contributed by atoms with E-state index < -0.39 is 0 Å². The van der Waals surface area contributed by atoms with Crippen LogP contribution in [0.15, 0.2) is 79.5 Å². The van der Waals surface area contributed by atoms with Crippen molar-refractivity contribution >= 4 is 78.1 Å². The lowest BCUT2D eigenvalue weighted by Gasteiger charge is -2.09. The predicted molar refractivity (Wildman–Crippen MR) is 140 cm³/mol. The van der Waals surface area contributed by atoms with Crippen molar-refractivity contribution in [1.29, 1.82) is 0 Å². The van der Waals surface area contributed by atoms with E-state index in [-0.39, 0.29) is 5.91 Å². The molecule has 3 aromatic rings. The standard InChI is InChI=1S/C24H17Br2ClN2O2S/c1-14-2-8-18(27)12-20(14)28-24-29-23(30)22(32-24)11-16-5-9-21(19(26)10-16)31-13-15-3-6-17(25)7-4-15/h2-12H,13H2,1H3,(H,28,29,30)/b22-11-. The van der Waals surface area contributed by atoms with Crippen LogP contribution in [-0.2, 0) is 11.4 Å². The van der Waals surface area contributed by atoms with E-state index >= 15 is 0 Å². The van der Waals surface area contributed by atoms with Gasteiger partial charge in [-0.2, -0.15) is 0 Å². The first kappa shape index (κ1) is 23.1. The molecule has 1 amide bonds. The Hall–Kier alpha value is -2.06. The Morgan fingerprint density at radius 3 is 2.62 bits per heavy atom. The van der Waals surface area contributed by atoms with Crippen LogP contribution in [0.5, 0.6) is 5.75 Å². The predicted octanol–water partition coefficient (Wildman–Crippen LogP) is 7.64. The van der Waals surface area contributed by atoms with Crippen LogP contribution >= 0.6 is 55.2 Å². The van der Waals surface area contributed by atoms with Crippen LogP contribution in [0, 0.1) is 6.92 Å². The number of thioether (sulfide) groups is 1. The summed E-state index contributed by atoms with van der Waals surface area (Å²) in [4.78, 5) is 17.5. The maximum atomic E-state index is 12.4. The number of halogens is 3. The molecule has 162 valence electrons. The molecule has 4 rings (SSSR count). The molecule has 0 aliphatic carbocycles. The summed E-state index contributed by atoms with van der Waals surface area (Å²) < 4.78 is 7.76. The van der Waals surface area contributed by atoms with Crippen LogP contribution < -0.4 is 10.1 Å². The molecule has 0 spiro atoms. The number of amides is 1. The normalized spacial score (nSPS) is 15.9. The summed E-state index contributed by atoms with van der Waals surface area (Å²) in [7, 11) is 0. The molecule has 1 saturated heterocycles. The summed E-state index contributed by atoms with van der Waals surface area (Å²) >= 11 is 14.4. The molecule has 0 atom stereocenters. The van der Waals surface area contributed by atoms with Crippen molar-refractivity contribution < 1.29 is 9.53 Å². The fourth-order valence-electron chi connectivity index (χ4n) is 2.91. The van der Waals surface area contributed by atoms with Crippen molar-refractivity contribution in [1.82, 2.24) is 5.32 Å². The van der Waals surface area contributed by atoms with E-state index in [0.29, 0.717) is 21.7 Å². The number of ether oxygens (including phenoxy) is 1. The Labute approximate surface area is 212 Å². The van der Waals surface area contributed by atoms with E-state index in [0.717, 1.165) is 37.1 Å². The van der Waals surface area contributed by atoms with Gasteiger partial charge in [-0.25, -0.2) is 4.99 Å². The quantitative estimate of drug-likeness (QED) is 0.310. The highest BCUT2D eigenvalue weighted by Gasteiger charge is 2.24. The van der Waals surface area contributed by atoms with Gasteiger partial charge in [0.15, 0.2) is 5.17 Å². The zero-order chi connectivity index (χ0) is 22.7. The number of rotatable bonds is 5. The second-order valence-electron chi connectivity index (χ2n) is 7.02. The molecule has 1 aliphatic heterocycles.